The zero-order valence-electron chi connectivity index (χ0n) is 15.6. The van der Waals surface area contributed by atoms with Gasteiger partial charge in [-0.3, -0.25) is 19.3 Å². The molecular weight excluding hydrogens is 340 g/mol. The molecule has 0 bridgehead atoms. The number of hydrogen-bond donors (Lipinski definition) is 1. The molecule has 0 aromatic carbocycles. The maximum absolute atomic E-state index is 4.30. The first-order valence-corrected chi connectivity index (χ1v) is 8.42. The minimum atomic E-state index is 0.829. The van der Waals surface area contributed by atoms with Crippen molar-refractivity contribution in [1.82, 2.24) is 29.5 Å². The number of aryl methyl sites for hydroxylation is 2. The fourth-order valence-electron chi connectivity index (χ4n) is 2.33. The van der Waals surface area contributed by atoms with Gasteiger partial charge in [0.05, 0.1) is 23.8 Å². The van der Waals surface area contributed by atoms with Crippen molar-refractivity contribution in [1.29, 1.82) is 0 Å². The maximum Gasteiger partial charge on any atom is 0.154 e. The normalized spacial score (nSPS) is 10.0. The van der Waals surface area contributed by atoms with E-state index in [0.717, 1.165) is 23.0 Å². The van der Waals surface area contributed by atoms with E-state index in [1.165, 1.54) is 0 Å². The molecule has 0 fully saturated rings. The predicted octanol–water partition coefficient (Wildman–Crippen LogP) is 3.14. The van der Waals surface area contributed by atoms with Gasteiger partial charge in [-0.1, -0.05) is 0 Å². The molecular formula is C19H22N8. The Morgan fingerprint density at radius 2 is 1.56 bits per heavy atom. The van der Waals surface area contributed by atoms with Gasteiger partial charge in [-0.2, -0.15) is 10.2 Å². The molecule has 8 heteroatoms. The van der Waals surface area contributed by atoms with Crippen molar-refractivity contribution < 1.29 is 0 Å². The van der Waals surface area contributed by atoms with Crippen molar-refractivity contribution in [2.75, 3.05) is 17.3 Å². The summed E-state index contributed by atoms with van der Waals surface area (Å²) in [5.41, 5.74) is 1.98. The lowest BCUT2D eigenvalue weighted by molar-refractivity contribution is 0.765. The second-order valence-corrected chi connectivity index (χ2v) is 5.86. The van der Waals surface area contributed by atoms with Crippen molar-refractivity contribution in [3.05, 3.63) is 73.6 Å². The smallest absolute Gasteiger partial charge is 0.154 e. The number of aromatic nitrogens is 6. The lowest BCUT2D eigenvalue weighted by Gasteiger charge is -2.14. The van der Waals surface area contributed by atoms with E-state index < -0.39 is 0 Å². The van der Waals surface area contributed by atoms with Gasteiger partial charge in [0.15, 0.2) is 11.6 Å². The molecule has 27 heavy (non-hydrogen) atoms. The Bertz CT molecular complexity index is 946. The molecule has 8 nitrogen and oxygen atoms in total. The Hall–Kier alpha value is -3.68. The maximum atomic E-state index is 4.30. The minimum absolute atomic E-state index is 0.829. The highest BCUT2D eigenvalue weighted by molar-refractivity contribution is 5.57. The molecule has 0 atom stereocenters. The molecule has 0 radical (unpaired) electrons. The molecule has 0 amide bonds. The molecule has 0 unspecified atom stereocenters. The van der Waals surface area contributed by atoms with Gasteiger partial charge in [-0.25, -0.2) is 0 Å². The first kappa shape index (κ1) is 18.1. The zero-order valence-corrected chi connectivity index (χ0v) is 15.6. The van der Waals surface area contributed by atoms with Crippen molar-refractivity contribution >= 4 is 23.0 Å². The van der Waals surface area contributed by atoms with Gasteiger partial charge >= 0.3 is 0 Å². The Balaban J connectivity index is 0.000000156. The van der Waals surface area contributed by atoms with E-state index in [-0.39, 0.29) is 0 Å². The van der Waals surface area contributed by atoms with Crippen LogP contribution >= 0.6 is 0 Å². The Morgan fingerprint density at radius 3 is 2.11 bits per heavy atom. The van der Waals surface area contributed by atoms with Crippen LogP contribution in [0.5, 0.6) is 0 Å². The molecule has 138 valence electrons. The Morgan fingerprint density at radius 1 is 0.852 bits per heavy atom. The molecule has 4 aromatic heterocycles. The van der Waals surface area contributed by atoms with Crippen LogP contribution in [0.4, 0.5) is 23.0 Å². The molecule has 0 saturated carbocycles. The van der Waals surface area contributed by atoms with E-state index in [1.807, 2.05) is 81.0 Å². The van der Waals surface area contributed by atoms with E-state index in [1.54, 1.807) is 28.0 Å². The van der Waals surface area contributed by atoms with Crippen molar-refractivity contribution in [2.24, 2.45) is 14.1 Å². The molecule has 4 aromatic rings. The zero-order chi connectivity index (χ0) is 19.1. The highest BCUT2D eigenvalue weighted by Crippen LogP contribution is 2.19. The first-order chi connectivity index (χ1) is 13.1. The van der Waals surface area contributed by atoms with E-state index in [0.29, 0.717) is 0 Å². The van der Waals surface area contributed by atoms with E-state index >= 15 is 0 Å². The van der Waals surface area contributed by atoms with Gasteiger partial charge < -0.3 is 10.2 Å². The summed E-state index contributed by atoms with van der Waals surface area (Å²) in [5.74, 6) is 1.75. The third kappa shape index (κ3) is 5.15. The SMILES string of the molecule is CN(c1cccnc1)c1ccn(C)n1.Cn1ccc(Nc2cccnc2)n1. The van der Waals surface area contributed by atoms with Crippen LogP contribution in [0, 0.1) is 0 Å². The average Bonchev–Trinajstić information content (AvgIpc) is 3.31. The predicted molar refractivity (Wildman–Crippen MR) is 106 cm³/mol. The molecule has 4 heterocycles. The van der Waals surface area contributed by atoms with Crippen LogP contribution in [0.15, 0.2) is 73.6 Å². The monoisotopic (exact) mass is 362 g/mol. The molecule has 0 aliphatic heterocycles. The van der Waals surface area contributed by atoms with E-state index in [4.69, 9.17) is 0 Å². The molecule has 0 saturated heterocycles. The van der Waals surface area contributed by atoms with E-state index in [9.17, 15) is 0 Å². The van der Waals surface area contributed by atoms with Crippen LogP contribution in [-0.4, -0.2) is 36.6 Å². The van der Waals surface area contributed by atoms with Crippen LogP contribution in [0.2, 0.25) is 0 Å². The lowest BCUT2D eigenvalue weighted by atomic mass is 10.4. The summed E-state index contributed by atoms with van der Waals surface area (Å²) in [5, 5.41) is 11.6. The lowest BCUT2D eigenvalue weighted by Crippen LogP contribution is -2.10. The fourth-order valence-corrected chi connectivity index (χ4v) is 2.33. The van der Waals surface area contributed by atoms with Crippen molar-refractivity contribution in [2.45, 2.75) is 0 Å². The molecule has 1 N–H and O–H groups in total. The summed E-state index contributed by atoms with van der Waals surface area (Å²) in [4.78, 5) is 10.0. The van der Waals surface area contributed by atoms with Crippen LogP contribution in [0.3, 0.4) is 0 Å². The van der Waals surface area contributed by atoms with E-state index in [2.05, 4.69) is 25.5 Å². The molecule has 0 spiro atoms. The van der Waals surface area contributed by atoms with Gasteiger partial charge in [-0.05, 0) is 24.3 Å². The van der Waals surface area contributed by atoms with Crippen LogP contribution < -0.4 is 10.2 Å². The topological polar surface area (TPSA) is 76.7 Å². The van der Waals surface area contributed by atoms with Gasteiger partial charge in [-0.15, -0.1) is 0 Å². The largest absolute Gasteiger partial charge is 0.337 e. The third-order valence-electron chi connectivity index (χ3n) is 3.72. The number of hydrogen-bond acceptors (Lipinski definition) is 6. The van der Waals surface area contributed by atoms with Crippen LogP contribution in [-0.2, 0) is 14.1 Å². The standard InChI is InChI=1S/C10H12N4.C9H10N4/c1-13-7-5-10(12-13)14(2)9-4-3-6-11-8-9;1-13-6-4-9(12-13)11-8-3-2-5-10-7-8/h3-8H,1-2H3;2-7H,1H3,(H,11,12). The quantitative estimate of drug-likeness (QED) is 0.601. The molecule has 0 aliphatic rings. The number of nitrogens with zero attached hydrogens (tertiary/aromatic N) is 7. The first-order valence-electron chi connectivity index (χ1n) is 8.42. The fraction of sp³-hybridized carbons (Fsp3) is 0.158. The number of rotatable bonds is 4. The Kier molecular flexibility index (Phi) is 5.78. The third-order valence-corrected chi connectivity index (χ3v) is 3.72. The summed E-state index contributed by atoms with van der Waals surface area (Å²) in [7, 11) is 5.76. The molecule has 0 aliphatic carbocycles. The highest BCUT2D eigenvalue weighted by atomic mass is 15.3. The average molecular weight is 362 g/mol. The number of anilines is 4. The van der Waals surface area contributed by atoms with Crippen molar-refractivity contribution in [3.8, 4) is 0 Å². The summed E-state index contributed by atoms with van der Waals surface area (Å²) in [6.45, 7) is 0. The van der Waals surface area contributed by atoms with Crippen LogP contribution in [0.1, 0.15) is 0 Å². The molecule has 4 rings (SSSR count). The minimum Gasteiger partial charge on any atom is -0.337 e. The number of pyridine rings is 2. The summed E-state index contributed by atoms with van der Waals surface area (Å²) in [6, 6.07) is 11.6. The number of nitrogens with one attached hydrogen (secondary N) is 1. The summed E-state index contributed by atoms with van der Waals surface area (Å²) >= 11 is 0. The second kappa shape index (κ2) is 8.61. The van der Waals surface area contributed by atoms with Gasteiger partial charge in [0.2, 0.25) is 0 Å². The summed E-state index contributed by atoms with van der Waals surface area (Å²) in [6.07, 6.45) is 10.9. The summed E-state index contributed by atoms with van der Waals surface area (Å²) < 4.78 is 3.53. The van der Waals surface area contributed by atoms with Gasteiger partial charge in [0, 0.05) is 58.1 Å². The van der Waals surface area contributed by atoms with Gasteiger partial charge in [0.25, 0.3) is 0 Å². The van der Waals surface area contributed by atoms with Crippen LogP contribution in [0.25, 0.3) is 0 Å². The second-order valence-electron chi connectivity index (χ2n) is 5.86. The van der Waals surface area contributed by atoms with Crippen molar-refractivity contribution in [3.63, 3.8) is 0 Å². The van der Waals surface area contributed by atoms with Gasteiger partial charge in [0.1, 0.15) is 0 Å². The highest BCUT2D eigenvalue weighted by Gasteiger charge is 2.05. The Labute approximate surface area is 158 Å².